The Bertz CT molecular complexity index is 1080. The van der Waals surface area contributed by atoms with E-state index in [-0.39, 0.29) is 23.5 Å². The molecule has 1 aromatic heterocycles. The van der Waals surface area contributed by atoms with Crippen molar-refractivity contribution in [2.75, 3.05) is 13.7 Å². The van der Waals surface area contributed by atoms with Crippen LogP contribution >= 0.6 is 11.3 Å². The second-order valence-corrected chi connectivity index (χ2v) is 6.38. The van der Waals surface area contributed by atoms with E-state index in [4.69, 9.17) is 10.00 Å². The van der Waals surface area contributed by atoms with Crippen LogP contribution in [0, 0.1) is 23.0 Å². The van der Waals surface area contributed by atoms with Crippen LogP contribution in [0.2, 0.25) is 0 Å². The minimum Gasteiger partial charge on any atom is -0.383 e. The van der Waals surface area contributed by atoms with Gasteiger partial charge in [0.15, 0.2) is 10.6 Å². The molecule has 8 heteroatoms. The van der Waals surface area contributed by atoms with Gasteiger partial charge in [0.2, 0.25) is 0 Å². The summed E-state index contributed by atoms with van der Waals surface area (Å²) in [5, 5.41) is 8.81. The van der Waals surface area contributed by atoms with Gasteiger partial charge in [-0.3, -0.25) is 4.79 Å². The van der Waals surface area contributed by atoms with E-state index in [1.807, 2.05) is 6.07 Å². The van der Waals surface area contributed by atoms with Crippen molar-refractivity contribution in [3.63, 3.8) is 0 Å². The highest BCUT2D eigenvalue weighted by molar-refractivity contribution is 7.16. The second-order valence-electron chi connectivity index (χ2n) is 5.37. The molecule has 0 spiro atoms. The summed E-state index contributed by atoms with van der Waals surface area (Å²) in [5.74, 6) is -1.95. The SMILES string of the molecule is COCCn1c(=NC(=O)c2ccc(C#N)cc2)sc2cc(F)cc(F)c21. The van der Waals surface area contributed by atoms with Gasteiger partial charge in [-0.05, 0) is 30.3 Å². The lowest BCUT2D eigenvalue weighted by Crippen LogP contribution is -2.19. The summed E-state index contributed by atoms with van der Waals surface area (Å²) in [7, 11) is 1.50. The Morgan fingerprint density at radius 3 is 2.69 bits per heavy atom. The number of hydrogen-bond donors (Lipinski definition) is 0. The fourth-order valence-corrected chi connectivity index (χ4v) is 3.54. The number of amides is 1. The predicted molar refractivity (Wildman–Crippen MR) is 92.7 cm³/mol. The van der Waals surface area contributed by atoms with Gasteiger partial charge in [0, 0.05) is 25.3 Å². The molecule has 0 N–H and O–H groups in total. The largest absolute Gasteiger partial charge is 0.383 e. The highest BCUT2D eigenvalue weighted by atomic mass is 32.1. The Hall–Kier alpha value is -2.89. The highest BCUT2D eigenvalue weighted by Crippen LogP contribution is 2.22. The van der Waals surface area contributed by atoms with Gasteiger partial charge in [0.05, 0.1) is 28.5 Å². The van der Waals surface area contributed by atoms with E-state index in [1.54, 1.807) is 0 Å². The van der Waals surface area contributed by atoms with Crippen LogP contribution in [0.3, 0.4) is 0 Å². The number of aromatic nitrogens is 1. The minimum atomic E-state index is -0.723. The van der Waals surface area contributed by atoms with Gasteiger partial charge in [-0.15, -0.1) is 0 Å². The van der Waals surface area contributed by atoms with Crippen molar-refractivity contribution in [2.24, 2.45) is 4.99 Å². The summed E-state index contributed by atoms with van der Waals surface area (Å²) in [4.78, 5) is 16.7. The molecule has 0 aliphatic rings. The van der Waals surface area contributed by atoms with E-state index in [2.05, 4.69) is 4.99 Å². The van der Waals surface area contributed by atoms with Crippen LogP contribution in [0.5, 0.6) is 0 Å². The lowest BCUT2D eigenvalue weighted by atomic mass is 10.1. The molecular formula is C18H13F2N3O2S. The third kappa shape index (κ3) is 3.54. The predicted octanol–water partition coefficient (Wildman–Crippen LogP) is 3.24. The Balaban J connectivity index is 2.12. The number of nitriles is 1. The zero-order valence-corrected chi connectivity index (χ0v) is 14.5. The summed E-state index contributed by atoms with van der Waals surface area (Å²) in [6.45, 7) is 0.541. The van der Waals surface area contributed by atoms with Crippen molar-refractivity contribution >= 4 is 27.5 Å². The number of thiazole rings is 1. The van der Waals surface area contributed by atoms with Crippen molar-refractivity contribution in [1.82, 2.24) is 4.57 Å². The summed E-state index contributed by atoms with van der Waals surface area (Å²) < 4.78 is 34.6. The molecule has 0 radical (unpaired) electrons. The molecule has 0 saturated heterocycles. The van der Waals surface area contributed by atoms with E-state index < -0.39 is 17.5 Å². The van der Waals surface area contributed by atoms with Gasteiger partial charge in [-0.25, -0.2) is 8.78 Å². The minimum absolute atomic E-state index is 0.180. The number of rotatable bonds is 4. The maximum atomic E-state index is 14.2. The molecule has 3 rings (SSSR count). The third-order valence-electron chi connectivity index (χ3n) is 3.67. The van der Waals surface area contributed by atoms with Crippen LogP contribution in [0.4, 0.5) is 8.78 Å². The lowest BCUT2D eigenvalue weighted by Gasteiger charge is -2.05. The molecule has 0 fully saturated rings. The Labute approximate surface area is 151 Å². The number of fused-ring (bicyclic) bond motifs is 1. The van der Waals surface area contributed by atoms with Crippen LogP contribution in [-0.2, 0) is 11.3 Å². The third-order valence-corrected chi connectivity index (χ3v) is 4.70. The van der Waals surface area contributed by atoms with Gasteiger partial charge in [-0.2, -0.15) is 10.3 Å². The Kier molecular flexibility index (Phi) is 5.21. The first kappa shape index (κ1) is 17.9. The molecule has 0 bridgehead atoms. The van der Waals surface area contributed by atoms with E-state index in [0.29, 0.717) is 15.8 Å². The molecule has 26 heavy (non-hydrogen) atoms. The molecule has 1 heterocycles. The standard InChI is InChI=1S/C18H13F2N3O2S/c1-25-7-6-23-16-14(20)8-13(19)9-15(16)26-18(23)22-17(24)12-4-2-11(10-21)3-5-12/h2-5,8-9H,6-7H2,1H3. The number of hydrogen-bond acceptors (Lipinski definition) is 4. The topological polar surface area (TPSA) is 67.4 Å². The number of benzene rings is 2. The van der Waals surface area contributed by atoms with Crippen LogP contribution in [0.25, 0.3) is 10.2 Å². The van der Waals surface area contributed by atoms with Gasteiger partial charge in [0.1, 0.15) is 5.82 Å². The average Bonchev–Trinajstić information content (AvgIpc) is 2.97. The van der Waals surface area contributed by atoms with Crippen molar-refractivity contribution in [3.8, 4) is 6.07 Å². The lowest BCUT2D eigenvalue weighted by molar-refractivity contribution is 0.0997. The quantitative estimate of drug-likeness (QED) is 0.705. The Morgan fingerprint density at radius 2 is 2.04 bits per heavy atom. The van der Waals surface area contributed by atoms with Crippen LogP contribution in [0.1, 0.15) is 15.9 Å². The molecule has 0 aliphatic heterocycles. The van der Waals surface area contributed by atoms with Crippen LogP contribution in [-0.4, -0.2) is 24.2 Å². The average molecular weight is 373 g/mol. The molecular weight excluding hydrogens is 360 g/mol. The van der Waals surface area contributed by atoms with Crippen molar-refractivity contribution in [3.05, 3.63) is 64.0 Å². The Morgan fingerprint density at radius 1 is 1.31 bits per heavy atom. The highest BCUT2D eigenvalue weighted by Gasteiger charge is 2.14. The van der Waals surface area contributed by atoms with Gasteiger partial charge < -0.3 is 9.30 Å². The van der Waals surface area contributed by atoms with Gasteiger partial charge in [0.25, 0.3) is 5.91 Å². The normalized spacial score (nSPS) is 11.7. The van der Waals surface area contributed by atoms with E-state index >= 15 is 0 Å². The number of carbonyl (C=O) groups is 1. The molecule has 3 aromatic rings. The molecule has 132 valence electrons. The zero-order valence-electron chi connectivity index (χ0n) is 13.7. The molecule has 0 aliphatic carbocycles. The smallest absolute Gasteiger partial charge is 0.279 e. The number of nitrogens with zero attached hydrogens (tertiary/aromatic N) is 3. The van der Waals surface area contributed by atoms with Crippen molar-refractivity contribution in [1.29, 1.82) is 5.26 Å². The van der Waals surface area contributed by atoms with E-state index in [0.717, 1.165) is 17.4 Å². The molecule has 2 aromatic carbocycles. The van der Waals surface area contributed by atoms with Crippen LogP contribution < -0.4 is 4.80 Å². The van der Waals surface area contributed by atoms with Gasteiger partial charge in [-0.1, -0.05) is 11.3 Å². The molecule has 0 unspecified atom stereocenters. The maximum absolute atomic E-state index is 14.2. The molecule has 1 amide bonds. The fourth-order valence-electron chi connectivity index (χ4n) is 2.44. The van der Waals surface area contributed by atoms with E-state index in [1.165, 1.54) is 42.0 Å². The molecule has 5 nitrogen and oxygen atoms in total. The number of methoxy groups -OCH3 is 1. The summed E-state index contributed by atoms with van der Waals surface area (Å²) in [5.41, 5.74) is 0.905. The number of carbonyl (C=O) groups excluding carboxylic acids is 1. The first-order valence-electron chi connectivity index (χ1n) is 7.60. The van der Waals surface area contributed by atoms with Crippen molar-refractivity contribution < 1.29 is 18.3 Å². The summed E-state index contributed by atoms with van der Waals surface area (Å²) in [6, 6.07) is 10.00. The number of halogens is 2. The molecule has 0 atom stereocenters. The van der Waals surface area contributed by atoms with Crippen LogP contribution in [0.15, 0.2) is 41.4 Å². The first-order chi connectivity index (χ1) is 12.5. The second kappa shape index (κ2) is 7.56. The maximum Gasteiger partial charge on any atom is 0.279 e. The first-order valence-corrected chi connectivity index (χ1v) is 8.41. The van der Waals surface area contributed by atoms with Crippen molar-refractivity contribution in [2.45, 2.75) is 6.54 Å². The summed E-state index contributed by atoms with van der Waals surface area (Å²) >= 11 is 1.02. The summed E-state index contributed by atoms with van der Waals surface area (Å²) in [6.07, 6.45) is 0. The van der Waals surface area contributed by atoms with E-state index in [9.17, 15) is 13.6 Å². The van der Waals surface area contributed by atoms with Gasteiger partial charge >= 0.3 is 0 Å². The molecule has 0 saturated carbocycles. The number of ether oxygens (including phenoxy) is 1. The zero-order chi connectivity index (χ0) is 18.7. The monoisotopic (exact) mass is 373 g/mol. The fraction of sp³-hybridized carbons (Fsp3) is 0.167.